The van der Waals surface area contributed by atoms with Gasteiger partial charge in [-0.3, -0.25) is 4.79 Å². The minimum Gasteiger partial charge on any atom is -0.341 e. The van der Waals surface area contributed by atoms with Gasteiger partial charge in [0, 0.05) is 13.6 Å². The number of carbonyl (C=O) groups is 1. The van der Waals surface area contributed by atoms with Gasteiger partial charge >= 0.3 is 0 Å². The first kappa shape index (κ1) is 15.0. The molecule has 0 unspecified atom stereocenters. The molecule has 1 fully saturated rings. The van der Waals surface area contributed by atoms with Crippen LogP contribution in [0.2, 0.25) is 0 Å². The smallest absolute Gasteiger partial charge is 0.254 e. The highest BCUT2D eigenvalue weighted by Crippen LogP contribution is 2.27. The van der Waals surface area contributed by atoms with Gasteiger partial charge in [-0.15, -0.1) is 0 Å². The minimum absolute atomic E-state index is 0.103. The fourth-order valence-corrected chi connectivity index (χ4v) is 3.12. The monoisotopic (exact) mass is 296 g/mol. The molecule has 110 valence electrons. The Bertz CT molecular complexity index is 621. The molecule has 0 radical (unpaired) electrons. The van der Waals surface area contributed by atoms with E-state index in [2.05, 4.69) is 0 Å². The van der Waals surface area contributed by atoms with Crippen molar-refractivity contribution < 1.29 is 13.2 Å². The zero-order chi connectivity index (χ0) is 14.9. The summed E-state index contributed by atoms with van der Waals surface area (Å²) in [5.41, 5.74) is 0.993. The lowest BCUT2D eigenvalue weighted by Gasteiger charge is -2.30. The third-order valence-corrected chi connectivity index (χ3v) is 4.74. The molecule has 0 atom stereocenters. The Kier molecular flexibility index (Phi) is 4.15. The highest BCUT2D eigenvalue weighted by Gasteiger charge is 2.25. The summed E-state index contributed by atoms with van der Waals surface area (Å²) in [7, 11) is -2.19. The van der Waals surface area contributed by atoms with Crippen LogP contribution in [0.5, 0.6) is 0 Å². The van der Waals surface area contributed by atoms with Crippen LogP contribution in [0.1, 0.15) is 35.2 Å². The van der Waals surface area contributed by atoms with Crippen molar-refractivity contribution in [2.24, 2.45) is 11.1 Å². The number of amides is 1. The summed E-state index contributed by atoms with van der Waals surface area (Å²) >= 11 is 0. The van der Waals surface area contributed by atoms with Gasteiger partial charge in [-0.2, -0.15) is 0 Å². The Balaban J connectivity index is 2.30. The lowest BCUT2D eigenvalue weighted by atomic mass is 9.85. The van der Waals surface area contributed by atoms with E-state index in [0.29, 0.717) is 12.5 Å². The fourth-order valence-electron chi connectivity index (χ4n) is 2.41. The number of primary sulfonamides is 1. The number of rotatable bonds is 4. The van der Waals surface area contributed by atoms with Crippen molar-refractivity contribution in [1.29, 1.82) is 0 Å². The Labute approximate surface area is 119 Å². The zero-order valence-electron chi connectivity index (χ0n) is 11.8. The molecule has 0 aliphatic heterocycles. The number of carbonyl (C=O) groups excluding carboxylic acids is 1. The van der Waals surface area contributed by atoms with E-state index in [1.807, 2.05) is 6.92 Å². The second-order valence-electron chi connectivity index (χ2n) is 5.53. The Morgan fingerprint density at radius 3 is 2.55 bits per heavy atom. The molecule has 5 nitrogen and oxygen atoms in total. The highest BCUT2D eigenvalue weighted by molar-refractivity contribution is 7.89. The summed E-state index contributed by atoms with van der Waals surface area (Å²) in [6.07, 6.45) is 3.47. The van der Waals surface area contributed by atoms with Gasteiger partial charge in [0.15, 0.2) is 0 Å². The molecule has 2 N–H and O–H groups in total. The van der Waals surface area contributed by atoms with E-state index in [4.69, 9.17) is 5.14 Å². The van der Waals surface area contributed by atoms with Crippen LogP contribution in [0.25, 0.3) is 0 Å². The summed E-state index contributed by atoms with van der Waals surface area (Å²) in [6, 6.07) is 4.62. The molecule has 1 aromatic rings. The first-order valence-corrected chi connectivity index (χ1v) is 8.22. The molecule has 1 aliphatic rings. The van der Waals surface area contributed by atoms with Gasteiger partial charge in [-0.05, 0) is 37.8 Å². The molecule has 1 amide bonds. The van der Waals surface area contributed by atoms with Crippen molar-refractivity contribution in [3.63, 3.8) is 0 Å². The molecule has 0 spiro atoms. The Morgan fingerprint density at radius 1 is 1.40 bits per heavy atom. The third-order valence-electron chi connectivity index (χ3n) is 3.78. The van der Waals surface area contributed by atoms with Crippen LogP contribution in [0.3, 0.4) is 0 Å². The van der Waals surface area contributed by atoms with Gasteiger partial charge in [0.25, 0.3) is 5.91 Å². The van der Waals surface area contributed by atoms with Crippen molar-refractivity contribution in [3.05, 3.63) is 29.3 Å². The molecule has 0 bridgehead atoms. The first-order valence-electron chi connectivity index (χ1n) is 6.68. The van der Waals surface area contributed by atoms with Gasteiger partial charge in [0.2, 0.25) is 10.0 Å². The molecule has 1 aliphatic carbocycles. The molecule has 0 aromatic heterocycles. The van der Waals surface area contributed by atoms with E-state index >= 15 is 0 Å². The van der Waals surface area contributed by atoms with Crippen molar-refractivity contribution in [2.75, 3.05) is 13.6 Å². The fraction of sp³-hybridized carbons (Fsp3) is 0.500. The lowest BCUT2D eigenvalue weighted by Crippen LogP contribution is -2.35. The van der Waals surface area contributed by atoms with Crippen molar-refractivity contribution in [1.82, 2.24) is 4.90 Å². The van der Waals surface area contributed by atoms with E-state index in [1.165, 1.54) is 12.5 Å². The molecule has 1 aromatic carbocycles. The molecule has 0 saturated heterocycles. The number of sulfonamides is 1. The molecule has 1 saturated carbocycles. The summed E-state index contributed by atoms with van der Waals surface area (Å²) in [6.45, 7) is 2.48. The van der Waals surface area contributed by atoms with Crippen LogP contribution in [0.4, 0.5) is 0 Å². The number of nitrogens with zero attached hydrogens (tertiary/aromatic N) is 1. The average Bonchev–Trinajstić information content (AvgIpc) is 2.31. The van der Waals surface area contributed by atoms with Gasteiger partial charge in [0.1, 0.15) is 0 Å². The summed E-state index contributed by atoms with van der Waals surface area (Å²) in [5, 5.41) is 5.19. The van der Waals surface area contributed by atoms with Crippen LogP contribution in [0.15, 0.2) is 23.1 Å². The van der Waals surface area contributed by atoms with E-state index in [9.17, 15) is 13.2 Å². The SMILES string of the molecule is Cc1ccc(S(N)(=O)=O)c(C(=O)N(C)CC2CCC2)c1. The maximum atomic E-state index is 12.4. The summed E-state index contributed by atoms with van der Waals surface area (Å²) < 4.78 is 23.2. The Hall–Kier alpha value is -1.40. The highest BCUT2D eigenvalue weighted by atomic mass is 32.2. The third kappa shape index (κ3) is 3.19. The van der Waals surface area contributed by atoms with E-state index in [0.717, 1.165) is 18.4 Å². The van der Waals surface area contributed by atoms with Crippen molar-refractivity contribution >= 4 is 15.9 Å². The predicted octanol–water partition coefficient (Wildman–Crippen LogP) is 1.51. The standard InChI is InChI=1S/C14H20N2O3S/c1-10-6-7-13(20(15,18)19)12(8-10)14(17)16(2)9-11-4-3-5-11/h6-8,11H,3-5,9H2,1-2H3,(H2,15,18,19). The second-order valence-corrected chi connectivity index (χ2v) is 7.06. The van der Waals surface area contributed by atoms with Crippen LogP contribution < -0.4 is 5.14 Å². The normalized spacial score (nSPS) is 15.8. The largest absolute Gasteiger partial charge is 0.341 e. The van der Waals surface area contributed by atoms with Gasteiger partial charge < -0.3 is 4.90 Å². The first-order chi connectivity index (χ1) is 9.29. The topological polar surface area (TPSA) is 80.5 Å². The average molecular weight is 296 g/mol. The van der Waals surface area contributed by atoms with Crippen LogP contribution in [-0.4, -0.2) is 32.8 Å². The number of aryl methyl sites for hydroxylation is 1. The maximum Gasteiger partial charge on any atom is 0.254 e. The molecule has 20 heavy (non-hydrogen) atoms. The number of nitrogens with two attached hydrogens (primary N) is 1. The molecular weight excluding hydrogens is 276 g/mol. The van der Waals surface area contributed by atoms with Gasteiger partial charge in [0.05, 0.1) is 10.5 Å². The van der Waals surface area contributed by atoms with E-state index in [-0.39, 0.29) is 16.4 Å². The van der Waals surface area contributed by atoms with Gasteiger partial charge in [-0.25, -0.2) is 13.6 Å². The molecule has 6 heteroatoms. The number of hydrogen-bond donors (Lipinski definition) is 1. The van der Waals surface area contributed by atoms with Crippen molar-refractivity contribution in [3.8, 4) is 0 Å². The summed E-state index contributed by atoms with van der Waals surface area (Å²) in [4.78, 5) is 13.9. The van der Waals surface area contributed by atoms with Crippen LogP contribution in [-0.2, 0) is 10.0 Å². The molecule has 2 rings (SSSR count). The number of benzene rings is 1. The second kappa shape index (κ2) is 5.54. The Morgan fingerprint density at radius 2 is 2.05 bits per heavy atom. The van der Waals surface area contributed by atoms with Gasteiger partial charge in [-0.1, -0.05) is 18.1 Å². The predicted molar refractivity (Wildman–Crippen MR) is 76.9 cm³/mol. The lowest BCUT2D eigenvalue weighted by molar-refractivity contribution is 0.0741. The maximum absolute atomic E-state index is 12.4. The number of hydrogen-bond acceptors (Lipinski definition) is 3. The van der Waals surface area contributed by atoms with E-state index in [1.54, 1.807) is 24.1 Å². The van der Waals surface area contributed by atoms with Crippen LogP contribution >= 0.6 is 0 Å². The molecule has 0 heterocycles. The zero-order valence-corrected chi connectivity index (χ0v) is 12.6. The molecular formula is C14H20N2O3S. The quantitative estimate of drug-likeness (QED) is 0.914. The minimum atomic E-state index is -3.90. The van der Waals surface area contributed by atoms with Crippen LogP contribution in [0, 0.1) is 12.8 Å². The summed E-state index contributed by atoms with van der Waals surface area (Å²) in [5.74, 6) is 0.247. The van der Waals surface area contributed by atoms with E-state index < -0.39 is 10.0 Å². The van der Waals surface area contributed by atoms with Crippen molar-refractivity contribution in [2.45, 2.75) is 31.1 Å².